The largest absolute Gasteiger partial charge is 0.323 e. The third-order valence-electron chi connectivity index (χ3n) is 4.40. The van der Waals surface area contributed by atoms with Crippen LogP contribution in [0.15, 0.2) is 24.3 Å². The highest BCUT2D eigenvalue weighted by Gasteiger charge is 2.27. The Hall–Kier alpha value is -0.860. The molecule has 0 saturated carbocycles. The molecule has 2 heteroatoms. The molecule has 0 aliphatic heterocycles. The summed E-state index contributed by atoms with van der Waals surface area (Å²) in [5.41, 5.74) is 9.37. The van der Waals surface area contributed by atoms with E-state index < -0.39 is 0 Å². The van der Waals surface area contributed by atoms with Gasteiger partial charge in [-0.1, -0.05) is 38.1 Å². The van der Waals surface area contributed by atoms with E-state index in [1.54, 1.807) is 0 Å². The second-order valence-electron chi connectivity index (χ2n) is 6.35. The van der Waals surface area contributed by atoms with Gasteiger partial charge in [-0.15, -0.1) is 0 Å². The number of fused-ring (bicyclic) bond motifs is 1. The molecule has 0 saturated heterocycles. The molecule has 1 aliphatic carbocycles. The van der Waals surface area contributed by atoms with Crippen molar-refractivity contribution in [1.29, 1.82) is 0 Å². The number of hydrogen-bond donors (Lipinski definition) is 1. The van der Waals surface area contributed by atoms with E-state index in [2.05, 4.69) is 50.1 Å². The Balaban J connectivity index is 2.10. The molecule has 19 heavy (non-hydrogen) atoms. The zero-order chi connectivity index (χ0) is 13.8. The van der Waals surface area contributed by atoms with Crippen molar-refractivity contribution in [3.8, 4) is 0 Å². The van der Waals surface area contributed by atoms with E-state index in [0.717, 1.165) is 12.5 Å². The van der Waals surface area contributed by atoms with Crippen LogP contribution in [0.3, 0.4) is 0 Å². The van der Waals surface area contributed by atoms with Gasteiger partial charge in [0.05, 0.1) is 0 Å². The zero-order valence-electron chi connectivity index (χ0n) is 12.6. The van der Waals surface area contributed by atoms with E-state index in [4.69, 9.17) is 5.73 Å². The van der Waals surface area contributed by atoms with Gasteiger partial charge in [0.25, 0.3) is 0 Å². The first-order chi connectivity index (χ1) is 9.09. The molecule has 0 bridgehead atoms. The van der Waals surface area contributed by atoms with Gasteiger partial charge in [-0.2, -0.15) is 0 Å². The van der Waals surface area contributed by atoms with Crippen LogP contribution in [0.1, 0.15) is 50.3 Å². The summed E-state index contributed by atoms with van der Waals surface area (Å²) in [5, 5.41) is 0. The number of hydrogen-bond acceptors (Lipinski definition) is 2. The number of likely N-dealkylation sites (N-methyl/N-ethyl adjacent to an activating group) is 1. The van der Waals surface area contributed by atoms with Crippen LogP contribution in [-0.2, 0) is 6.42 Å². The summed E-state index contributed by atoms with van der Waals surface area (Å²) in [6.07, 6.45) is 4.89. The molecule has 1 aromatic carbocycles. The molecule has 2 atom stereocenters. The van der Waals surface area contributed by atoms with Gasteiger partial charge >= 0.3 is 0 Å². The lowest BCUT2D eigenvalue weighted by atomic mass is 9.96. The van der Waals surface area contributed by atoms with E-state index in [9.17, 15) is 0 Å². The number of benzene rings is 1. The molecule has 0 aromatic heterocycles. The van der Waals surface area contributed by atoms with Crippen LogP contribution < -0.4 is 5.73 Å². The monoisotopic (exact) mass is 260 g/mol. The van der Waals surface area contributed by atoms with E-state index in [1.807, 2.05) is 0 Å². The van der Waals surface area contributed by atoms with Gasteiger partial charge in [0, 0.05) is 12.1 Å². The van der Waals surface area contributed by atoms with E-state index in [0.29, 0.717) is 6.04 Å². The van der Waals surface area contributed by atoms with Gasteiger partial charge in [0.15, 0.2) is 0 Å². The summed E-state index contributed by atoms with van der Waals surface area (Å²) < 4.78 is 0. The summed E-state index contributed by atoms with van der Waals surface area (Å²) in [7, 11) is 2.24. The first kappa shape index (κ1) is 14.5. The van der Waals surface area contributed by atoms with Crippen LogP contribution in [0.2, 0.25) is 0 Å². The predicted molar refractivity (Wildman–Crippen MR) is 82.2 cm³/mol. The molecule has 0 spiro atoms. The quantitative estimate of drug-likeness (QED) is 0.841. The van der Waals surface area contributed by atoms with Crippen molar-refractivity contribution in [1.82, 2.24) is 4.90 Å². The van der Waals surface area contributed by atoms with Crippen molar-refractivity contribution in [2.75, 3.05) is 13.6 Å². The van der Waals surface area contributed by atoms with E-state index in [1.165, 1.54) is 36.8 Å². The van der Waals surface area contributed by atoms with Gasteiger partial charge in [0.1, 0.15) is 0 Å². The second-order valence-corrected chi connectivity index (χ2v) is 6.35. The molecule has 2 unspecified atom stereocenters. The van der Waals surface area contributed by atoms with Crippen molar-refractivity contribution in [3.05, 3.63) is 35.4 Å². The maximum absolute atomic E-state index is 6.56. The van der Waals surface area contributed by atoms with Crippen LogP contribution in [0.5, 0.6) is 0 Å². The van der Waals surface area contributed by atoms with Gasteiger partial charge in [0.2, 0.25) is 0 Å². The highest BCUT2D eigenvalue weighted by molar-refractivity contribution is 5.32. The fraction of sp³-hybridized carbons (Fsp3) is 0.647. The zero-order valence-corrected chi connectivity index (χ0v) is 12.6. The SMILES string of the molecule is CC(C)CCN(C)C1CCCc2ccccc2C1N. The average molecular weight is 260 g/mol. The Morgan fingerprint density at radius 2 is 2.05 bits per heavy atom. The number of aryl methyl sites for hydroxylation is 1. The van der Waals surface area contributed by atoms with Crippen LogP contribution in [0.4, 0.5) is 0 Å². The van der Waals surface area contributed by atoms with Gasteiger partial charge in [-0.25, -0.2) is 0 Å². The number of nitrogens with two attached hydrogens (primary N) is 1. The summed E-state index contributed by atoms with van der Waals surface area (Å²) in [6, 6.07) is 9.36. The highest BCUT2D eigenvalue weighted by Crippen LogP contribution is 2.29. The van der Waals surface area contributed by atoms with Gasteiger partial charge in [-0.05, 0) is 56.3 Å². The molecule has 0 radical (unpaired) electrons. The lowest BCUT2D eigenvalue weighted by molar-refractivity contribution is 0.191. The summed E-state index contributed by atoms with van der Waals surface area (Å²) >= 11 is 0. The van der Waals surface area contributed by atoms with Crippen molar-refractivity contribution >= 4 is 0 Å². The third kappa shape index (κ3) is 3.58. The Labute approximate surface area is 118 Å². The molecule has 1 aliphatic rings. The minimum absolute atomic E-state index is 0.163. The molecular weight excluding hydrogens is 232 g/mol. The minimum atomic E-state index is 0.163. The topological polar surface area (TPSA) is 29.3 Å². The second kappa shape index (κ2) is 6.53. The lowest BCUT2D eigenvalue weighted by Crippen LogP contribution is -2.40. The van der Waals surface area contributed by atoms with E-state index in [-0.39, 0.29) is 6.04 Å². The molecule has 2 N–H and O–H groups in total. The maximum Gasteiger partial charge on any atom is 0.0455 e. The first-order valence-corrected chi connectivity index (χ1v) is 7.63. The van der Waals surface area contributed by atoms with Crippen molar-refractivity contribution < 1.29 is 0 Å². The molecule has 1 aromatic rings. The first-order valence-electron chi connectivity index (χ1n) is 7.63. The van der Waals surface area contributed by atoms with Crippen LogP contribution in [-0.4, -0.2) is 24.5 Å². The highest BCUT2D eigenvalue weighted by atomic mass is 15.1. The molecule has 2 nitrogen and oxygen atoms in total. The number of nitrogens with zero attached hydrogens (tertiary/aromatic N) is 1. The Kier molecular flexibility index (Phi) is 5.00. The molecule has 0 heterocycles. The van der Waals surface area contributed by atoms with E-state index >= 15 is 0 Å². The molecule has 2 rings (SSSR count). The molecular formula is C17H28N2. The fourth-order valence-electron chi connectivity index (χ4n) is 3.10. The van der Waals surface area contributed by atoms with Gasteiger partial charge < -0.3 is 10.6 Å². The van der Waals surface area contributed by atoms with Gasteiger partial charge in [-0.3, -0.25) is 0 Å². The normalized spacial score (nSPS) is 23.5. The third-order valence-corrected chi connectivity index (χ3v) is 4.40. The lowest BCUT2D eigenvalue weighted by Gasteiger charge is -2.32. The Morgan fingerprint density at radius 3 is 2.79 bits per heavy atom. The summed E-state index contributed by atoms with van der Waals surface area (Å²) in [6.45, 7) is 5.73. The maximum atomic E-state index is 6.56. The van der Waals surface area contributed by atoms with Crippen LogP contribution >= 0.6 is 0 Å². The van der Waals surface area contributed by atoms with Crippen LogP contribution in [0.25, 0.3) is 0 Å². The molecule has 0 amide bonds. The minimum Gasteiger partial charge on any atom is -0.323 e. The Morgan fingerprint density at radius 1 is 1.32 bits per heavy atom. The smallest absolute Gasteiger partial charge is 0.0455 e. The van der Waals surface area contributed by atoms with Crippen molar-refractivity contribution in [2.24, 2.45) is 11.7 Å². The fourth-order valence-corrected chi connectivity index (χ4v) is 3.10. The molecule has 106 valence electrons. The number of rotatable bonds is 4. The Bertz CT molecular complexity index is 400. The van der Waals surface area contributed by atoms with Crippen molar-refractivity contribution in [2.45, 2.75) is 51.6 Å². The van der Waals surface area contributed by atoms with Crippen LogP contribution in [0, 0.1) is 5.92 Å². The predicted octanol–water partition coefficient (Wildman–Crippen LogP) is 3.37. The summed E-state index contributed by atoms with van der Waals surface area (Å²) in [4.78, 5) is 2.48. The molecule has 0 fully saturated rings. The van der Waals surface area contributed by atoms with Crippen molar-refractivity contribution in [3.63, 3.8) is 0 Å². The summed E-state index contributed by atoms with van der Waals surface area (Å²) in [5.74, 6) is 0.761. The average Bonchev–Trinajstić information content (AvgIpc) is 2.56. The standard InChI is InChI=1S/C17H28N2/c1-13(2)11-12-19(3)16-10-6-8-14-7-4-5-9-15(14)17(16)18/h4-5,7,9,13,16-17H,6,8,10-12,18H2,1-3H3.